The summed E-state index contributed by atoms with van der Waals surface area (Å²) in [5.74, 6) is 0.675. The van der Waals surface area contributed by atoms with Gasteiger partial charge in [0, 0.05) is 25.2 Å². The standard InChI is InChI=1S/C13H29NO3S/c1-6-9-14-12(13(17-4)11(2)3)8-7-10-18(5,15)16/h11-14H,6-10H2,1-5H3. The largest absolute Gasteiger partial charge is 0.380 e. The first-order valence-corrected chi connectivity index (χ1v) is 8.81. The van der Waals surface area contributed by atoms with Crippen molar-refractivity contribution >= 4 is 9.84 Å². The van der Waals surface area contributed by atoms with Crippen LogP contribution >= 0.6 is 0 Å². The van der Waals surface area contributed by atoms with E-state index < -0.39 is 9.84 Å². The van der Waals surface area contributed by atoms with Gasteiger partial charge in [0.2, 0.25) is 0 Å². The van der Waals surface area contributed by atoms with Gasteiger partial charge in [-0.15, -0.1) is 0 Å². The maximum atomic E-state index is 11.1. The first-order chi connectivity index (χ1) is 8.31. The molecule has 18 heavy (non-hydrogen) atoms. The molecule has 0 saturated heterocycles. The summed E-state index contributed by atoms with van der Waals surface area (Å²) in [4.78, 5) is 0. The van der Waals surface area contributed by atoms with Gasteiger partial charge in [0.25, 0.3) is 0 Å². The second-order valence-corrected chi connectivity index (χ2v) is 7.54. The second kappa shape index (κ2) is 8.88. The fraction of sp³-hybridized carbons (Fsp3) is 1.00. The third-order valence-corrected chi connectivity index (χ3v) is 4.04. The van der Waals surface area contributed by atoms with E-state index in [0.29, 0.717) is 12.3 Å². The molecule has 2 unspecified atom stereocenters. The summed E-state index contributed by atoms with van der Waals surface area (Å²) >= 11 is 0. The van der Waals surface area contributed by atoms with Crippen LogP contribution in [0.5, 0.6) is 0 Å². The van der Waals surface area contributed by atoms with E-state index in [-0.39, 0.29) is 17.9 Å². The van der Waals surface area contributed by atoms with E-state index in [1.54, 1.807) is 7.11 Å². The van der Waals surface area contributed by atoms with Crippen molar-refractivity contribution in [3.63, 3.8) is 0 Å². The first-order valence-electron chi connectivity index (χ1n) is 6.75. The summed E-state index contributed by atoms with van der Waals surface area (Å²) in [7, 11) is -1.14. The van der Waals surface area contributed by atoms with Gasteiger partial charge in [-0.3, -0.25) is 0 Å². The average Bonchev–Trinajstić information content (AvgIpc) is 2.23. The van der Waals surface area contributed by atoms with E-state index in [9.17, 15) is 8.42 Å². The molecule has 0 amide bonds. The Balaban J connectivity index is 4.38. The first kappa shape index (κ1) is 17.9. The van der Waals surface area contributed by atoms with E-state index >= 15 is 0 Å². The molecular weight excluding hydrogens is 250 g/mol. The van der Waals surface area contributed by atoms with Crippen molar-refractivity contribution in [2.75, 3.05) is 25.7 Å². The molecule has 0 aliphatic carbocycles. The number of nitrogens with one attached hydrogen (secondary N) is 1. The van der Waals surface area contributed by atoms with Crippen LogP contribution in [-0.2, 0) is 14.6 Å². The zero-order valence-corrected chi connectivity index (χ0v) is 13.2. The summed E-state index contributed by atoms with van der Waals surface area (Å²) in [6, 6.07) is 0.233. The molecule has 5 heteroatoms. The van der Waals surface area contributed by atoms with E-state index in [1.165, 1.54) is 6.26 Å². The summed E-state index contributed by atoms with van der Waals surface area (Å²) in [6.45, 7) is 7.32. The molecule has 0 bridgehead atoms. The molecule has 0 aromatic carbocycles. The molecule has 0 aromatic rings. The maximum Gasteiger partial charge on any atom is 0.147 e. The van der Waals surface area contributed by atoms with Crippen LogP contribution in [0.15, 0.2) is 0 Å². The molecule has 1 N–H and O–H groups in total. The number of ether oxygens (including phenoxy) is 1. The van der Waals surface area contributed by atoms with Gasteiger partial charge in [0.15, 0.2) is 0 Å². The van der Waals surface area contributed by atoms with Crippen molar-refractivity contribution in [2.24, 2.45) is 5.92 Å². The van der Waals surface area contributed by atoms with Gasteiger partial charge in [0.05, 0.1) is 6.10 Å². The number of rotatable bonds is 10. The third kappa shape index (κ3) is 8.06. The molecule has 0 aliphatic heterocycles. The Hall–Kier alpha value is -0.130. The lowest BCUT2D eigenvalue weighted by Crippen LogP contribution is -2.44. The van der Waals surface area contributed by atoms with Crippen LogP contribution in [0.3, 0.4) is 0 Å². The van der Waals surface area contributed by atoms with Crippen LogP contribution in [-0.4, -0.2) is 46.2 Å². The Morgan fingerprint density at radius 2 is 1.89 bits per heavy atom. The Bertz CT molecular complexity index is 301. The zero-order valence-electron chi connectivity index (χ0n) is 12.4. The van der Waals surface area contributed by atoms with Gasteiger partial charge in [-0.25, -0.2) is 8.42 Å². The predicted molar refractivity (Wildman–Crippen MR) is 76.7 cm³/mol. The lowest BCUT2D eigenvalue weighted by Gasteiger charge is -2.30. The van der Waals surface area contributed by atoms with Crippen LogP contribution < -0.4 is 5.32 Å². The van der Waals surface area contributed by atoms with Crippen LogP contribution in [0.4, 0.5) is 0 Å². The Morgan fingerprint density at radius 3 is 2.28 bits per heavy atom. The van der Waals surface area contributed by atoms with E-state index in [4.69, 9.17) is 4.74 Å². The van der Waals surface area contributed by atoms with Gasteiger partial charge < -0.3 is 10.1 Å². The van der Waals surface area contributed by atoms with Crippen molar-refractivity contribution in [3.05, 3.63) is 0 Å². The third-order valence-electron chi connectivity index (χ3n) is 3.01. The van der Waals surface area contributed by atoms with Crippen LogP contribution in [0.2, 0.25) is 0 Å². The molecule has 0 heterocycles. The van der Waals surface area contributed by atoms with E-state index in [0.717, 1.165) is 19.4 Å². The minimum atomic E-state index is -2.86. The topological polar surface area (TPSA) is 55.4 Å². The van der Waals surface area contributed by atoms with Crippen LogP contribution in [0.1, 0.15) is 40.0 Å². The molecule has 0 radical (unpaired) electrons. The predicted octanol–water partition coefficient (Wildman–Crippen LogP) is 1.85. The highest BCUT2D eigenvalue weighted by Crippen LogP contribution is 2.15. The fourth-order valence-corrected chi connectivity index (χ4v) is 2.87. The molecule has 0 saturated carbocycles. The second-order valence-electron chi connectivity index (χ2n) is 5.28. The number of methoxy groups -OCH3 is 1. The Kier molecular flexibility index (Phi) is 8.82. The van der Waals surface area contributed by atoms with Gasteiger partial charge >= 0.3 is 0 Å². The monoisotopic (exact) mass is 279 g/mol. The van der Waals surface area contributed by atoms with E-state index in [2.05, 4.69) is 26.1 Å². The highest BCUT2D eigenvalue weighted by Gasteiger charge is 2.23. The van der Waals surface area contributed by atoms with Crippen molar-refractivity contribution in [1.82, 2.24) is 5.32 Å². The average molecular weight is 279 g/mol. The number of sulfone groups is 1. The summed E-state index contributed by atoms with van der Waals surface area (Å²) < 4.78 is 27.8. The molecule has 0 rings (SSSR count). The molecule has 0 aliphatic rings. The molecule has 0 fully saturated rings. The zero-order chi connectivity index (χ0) is 14.2. The molecule has 4 nitrogen and oxygen atoms in total. The van der Waals surface area contributed by atoms with Crippen molar-refractivity contribution in [1.29, 1.82) is 0 Å². The van der Waals surface area contributed by atoms with Crippen molar-refractivity contribution in [2.45, 2.75) is 52.2 Å². The minimum Gasteiger partial charge on any atom is -0.380 e. The van der Waals surface area contributed by atoms with Gasteiger partial charge in [-0.1, -0.05) is 20.8 Å². The SMILES string of the molecule is CCCNC(CCCS(C)(=O)=O)C(OC)C(C)C. The summed E-state index contributed by atoms with van der Waals surface area (Å²) in [5.41, 5.74) is 0. The number of hydrogen-bond donors (Lipinski definition) is 1. The quantitative estimate of drug-likeness (QED) is 0.663. The fourth-order valence-electron chi connectivity index (χ4n) is 2.18. The van der Waals surface area contributed by atoms with Crippen molar-refractivity contribution in [3.8, 4) is 0 Å². The minimum absolute atomic E-state index is 0.135. The molecule has 110 valence electrons. The van der Waals surface area contributed by atoms with Crippen LogP contribution in [0, 0.1) is 5.92 Å². The van der Waals surface area contributed by atoms with Crippen molar-refractivity contribution < 1.29 is 13.2 Å². The van der Waals surface area contributed by atoms with Gasteiger partial charge in [-0.05, 0) is 31.7 Å². The normalized spacial score (nSPS) is 15.9. The van der Waals surface area contributed by atoms with Gasteiger partial charge in [-0.2, -0.15) is 0 Å². The lowest BCUT2D eigenvalue weighted by molar-refractivity contribution is 0.0306. The van der Waals surface area contributed by atoms with E-state index in [1.807, 2.05) is 0 Å². The summed E-state index contributed by atoms with van der Waals surface area (Å²) in [6.07, 6.45) is 4.02. The summed E-state index contributed by atoms with van der Waals surface area (Å²) in [5, 5.41) is 3.47. The highest BCUT2D eigenvalue weighted by molar-refractivity contribution is 7.90. The molecular formula is C13H29NO3S. The van der Waals surface area contributed by atoms with Crippen LogP contribution in [0.25, 0.3) is 0 Å². The number of hydrogen-bond acceptors (Lipinski definition) is 4. The Morgan fingerprint density at radius 1 is 1.28 bits per heavy atom. The van der Waals surface area contributed by atoms with Gasteiger partial charge in [0.1, 0.15) is 9.84 Å². The Labute approximate surface area is 112 Å². The maximum absolute atomic E-state index is 11.1. The molecule has 0 spiro atoms. The molecule has 0 aromatic heterocycles. The highest BCUT2D eigenvalue weighted by atomic mass is 32.2. The smallest absolute Gasteiger partial charge is 0.147 e. The lowest BCUT2D eigenvalue weighted by atomic mass is 9.96. The molecule has 2 atom stereocenters.